The number of rotatable bonds is 1. The highest BCUT2D eigenvalue weighted by atomic mass is 16.3. The summed E-state index contributed by atoms with van der Waals surface area (Å²) in [4.78, 5) is 0. The molecule has 0 aliphatic heterocycles. The van der Waals surface area contributed by atoms with Gasteiger partial charge < -0.3 is 10.8 Å². The predicted molar refractivity (Wildman–Crippen MR) is 60.5 cm³/mol. The summed E-state index contributed by atoms with van der Waals surface area (Å²) in [5.74, 6) is 0.254. The number of aromatic hydroxyl groups is 1. The van der Waals surface area contributed by atoms with Crippen LogP contribution in [0.3, 0.4) is 0 Å². The van der Waals surface area contributed by atoms with Crippen LogP contribution in [0.2, 0.25) is 0 Å². The molecule has 0 amide bonds. The summed E-state index contributed by atoms with van der Waals surface area (Å²) in [6.07, 6.45) is 3.76. The van der Waals surface area contributed by atoms with Crippen LogP contribution in [0.25, 0.3) is 5.69 Å². The first-order valence-electron chi connectivity index (χ1n) is 5.37. The lowest BCUT2D eigenvalue weighted by Gasteiger charge is -2.05. The van der Waals surface area contributed by atoms with Gasteiger partial charge >= 0.3 is 0 Å². The molecule has 16 heavy (non-hydrogen) atoms. The number of nitrogens with two attached hydrogens (primary N) is 1. The molecule has 0 spiro atoms. The summed E-state index contributed by atoms with van der Waals surface area (Å²) >= 11 is 0. The molecule has 0 fully saturated rings. The zero-order valence-corrected chi connectivity index (χ0v) is 8.80. The first-order chi connectivity index (χ1) is 7.75. The molecule has 0 bridgehead atoms. The maximum Gasteiger partial charge on any atom is 0.117 e. The Morgan fingerprint density at radius 3 is 3.12 bits per heavy atom. The number of nitrogens with zero attached hydrogens (tertiary/aromatic N) is 2. The van der Waals surface area contributed by atoms with Crippen LogP contribution in [0.1, 0.15) is 23.7 Å². The predicted octanol–water partition coefficient (Wildman–Crippen LogP) is 1.52. The standard InChI is InChI=1S/C12H13N3O/c13-11-4-5-12-10(11)7-14-15(12)8-2-1-3-9(16)6-8/h1-3,6-7,11,16H,4-5,13H2. The van der Waals surface area contributed by atoms with E-state index in [1.165, 1.54) is 0 Å². The van der Waals surface area contributed by atoms with Crippen LogP contribution in [0, 0.1) is 0 Å². The Labute approximate surface area is 93.3 Å². The van der Waals surface area contributed by atoms with Crippen LogP contribution >= 0.6 is 0 Å². The van der Waals surface area contributed by atoms with Crippen molar-refractivity contribution in [3.8, 4) is 11.4 Å². The zero-order chi connectivity index (χ0) is 11.1. The van der Waals surface area contributed by atoms with E-state index in [0.29, 0.717) is 0 Å². The Morgan fingerprint density at radius 2 is 2.31 bits per heavy atom. The van der Waals surface area contributed by atoms with Crippen molar-refractivity contribution in [3.05, 3.63) is 41.7 Å². The number of aromatic nitrogens is 2. The molecule has 0 radical (unpaired) electrons. The maximum atomic E-state index is 9.45. The molecule has 3 N–H and O–H groups in total. The summed E-state index contributed by atoms with van der Waals surface area (Å²) in [5.41, 5.74) is 9.14. The van der Waals surface area contributed by atoms with Crippen molar-refractivity contribution in [2.24, 2.45) is 5.73 Å². The van der Waals surface area contributed by atoms with Gasteiger partial charge in [0.2, 0.25) is 0 Å². The Morgan fingerprint density at radius 1 is 1.44 bits per heavy atom. The lowest BCUT2D eigenvalue weighted by molar-refractivity contribution is 0.474. The van der Waals surface area contributed by atoms with Gasteiger partial charge in [-0.2, -0.15) is 5.10 Å². The van der Waals surface area contributed by atoms with Gasteiger partial charge in [0, 0.05) is 23.4 Å². The molecule has 4 heteroatoms. The van der Waals surface area contributed by atoms with Crippen molar-refractivity contribution in [3.63, 3.8) is 0 Å². The summed E-state index contributed by atoms with van der Waals surface area (Å²) in [6.45, 7) is 0. The smallest absolute Gasteiger partial charge is 0.117 e. The summed E-state index contributed by atoms with van der Waals surface area (Å²) in [5, 5.41) is 13.8. The maximum absolute atomic E-state index is 9.45. The molecule has 1 heterocycles. The molecular formula is C12H13N3O. The molecule has 82 valence electrons. The minimum Gasteiger partial charge on any atom is -0.508 e. The van der Waals surface area contributed by atoms with Crippen molar-refractivity contribution in [1.82, 2.24) is 9.78 Å². The van der Waals surface area contributed by atoms with Gasteiger partial charge in [0.05, 0.1) is 11.9 Å². The number of hydrogen-bond donors (Lipinski definition) is 2. The average Bonchev–Trinajstić information content (AvgIpc) is 2.82. The number of benzene rings is 1. The average molecular weight is 215 g/mol. The van der Waals surface area contributed by atoms with Crippen molar-refractivity contribution >= 4 is 0 Å². The van der Waals surface area contributed by atoms with Crippen LogP contribution in [0.15, 0.2) is 30.5 Å². The molecule has 1 aliphatic rings. The number of hydrogen-bond acceptors (Lipinski definition) is 3. The van der Waals surface area contributed by atoms with Gasteiger partial charge in [-0.25, -0.2) is 4.68 Å². The highest BCUT2D eigenvalue weighted by Gasteiger charge is 2.24. The first kappa shape index (κ1) is 9.42. The molecule has 1 aromatic heterocycles. The Bertz CT molecular complexity index is 533. The van der Waals surface area contributed by atoms with Gasteiger partial charge in [-0.3, -0.25) is 0 Å². The third-order valence-corrected chi connectivity index (χ3v) is 3.07. The fraction of sp³-hybridized carbons (Fsp3) is 0.250. The van der Waals surface area contributed by atoms with E-state index in [4.69, 9.17) is 5.73 Å². The molecule has 0 saturated carbocycles. The fourth-order valence-electron chi connectivity index (χ4n) is 2.24. The third kappa shape index (κ3) is 1.31. The molecule has 4 nitrogen and oxygen atoms in total. The van der Waals surface area contributed by atoms with E-state index < -0.39 is 0 Å². The number of phenolic OH excluding ortho intramolecular Hbond substituents is 1. The Kier molecular flexibility index (Phi) is 1.97. The lowest BCUT2D eigenvalue weighted by Crippen LogP contribution is -2.03. The Hall–Kier alpha value is -1.81. The third-order valence-electron chi connectivity index (χ3n) is 3.07. The fourth-order valence-corrected chi connectivity index (χ4v) is 2.24. The van der Waals surface area contributed by atoms with Crippen molar-refractivity contribution in [2.75, 3.05) is 0 Å². The van der Waals surface area contributed by atoms with Crippen molar-refractivity contribution in [1.29, 1.82) is 0 Å². The van der Waals surface area contributed by atoms with E-state index in [1.807, 2.05) is 23.0 Å². The normalized spacial score (nSPS) is 18.7. The summed E-state index contributed by atoms with van der Waals surface area (Å²) in [6, 6.07) is 7.21. The molecule has 1 unspecified atom stereocenters. The second kappa shape index (κ2) is 3.35. The minimum atomic E-state index is 0.112. The van der Waals surface area contributed by atoms with E-state index in [9.17, 15) is 5.11 Å². The zero-order valence-electron chi connectivity index (χ0n) is 8.80. The molecule has 0 saturated heterocycles. The monoisotopic (exact) mass is 215 g/mol. The molecular weight excluding hydrogens is 202 g/mol. The van der Waals surface area contributed by atoms with E-state index in [-0.39, 0.29) is 11.8 Å². The SMILES string of the molecule is NC1CCc2c1cnn2-c1cccc(O)c1. The lowest BCUT2D eigenvalue weighted by atomic mass is 10.2. The first-order valence-corrected chi connectivity index (χ1v) is 5.37. The van der Waals surface area contributed by atoms with Crippen molar-refractivity contribution in [2.45, 2.75) is 18.9 Å². The quantitative estimate of drug-likeness (QED) is 0.758. The van der Waals surface area contributed by atoms with Gasteiger partial charge in [0.15, 0.2) is 0 Å². The van der Waals surface area contributed by atoms with Crippen LogP contribution < -0.4 is 5.73 Å². The largest absolute Gasteiger partial charge is 0.508 e. The second-order valence-corrected chi connectivity index (χ2v) is 4.12. The molecule has 1 aliphatic carbocycles. The van der Waals surface area contributed by atoms with Gasteiger partial charge in [-0.05, 0) is 25.0 Å². The van der Waals surface area contributed by atoms with Crippen LogP contribution in [0.4, 0.5) is 0 Å². The van der Waals surface area contributed by atoms with Crippen LogP contribution in [-0.4, -0.2) is 14.9 Å². The molecule has 3 rings (SSSR count). The Balaban J connectivity index is 2.11. The van der Waals surface area contributed by atoms with Gasteiger partial charge in [0.25, 0.3) is 0 Å². The van der Waals surface area contributed by atoms with Gasteiger partial charge in [-0.1, -0.05) is 6.07 Å². The van der Waals surface area contributed by atoms with Crippen LogP contribution in [-0.2, 0) is 6.42 Å². The van der Waals surface area contributed by atoms with Gasteiger partial charge in [0.1, 0.15) is 5.75 Å². The molecule has 1 atom stereocenters. The highest BCUT2D eigenvalue weighted by molar-refractivity contribution is 5.41. The number of fused-ring (bicyclic) bond motifs is 1. The second-order valence-electron chi connectivity index (χ2n) is 4.12. The van der Waals surface area contributed by atoms with E-state index in [0.717, 1.165) is 29.8 Å². The summed E-state index contributed by atoms with van der Waals surface area (Å²) < 4.78 is 1.86. The van der Waals surface area contributed by atoms with Gasteiger partial charge in [-0.15, -0.1) is 0 Å². The summed E-state index contributed by atoms with van der Waals surface area (Å²) in [7, 11) is 0. The minimum absolute atomic E-state index is 0.112. The van der Waals surface area contributed by atoms with E-state index in [1.54, 1.807) is 12.1 Å². The highest BCUT2D eigenvalue weighted by Crippen LogP contribution is 2.30. The van der Waals surface area contributed by atoms with Crippen molar-refractivity contribution < 1.29 is 5.11 Å². The van der Waals surface area contributed by atoms with E-state index in [2.05, 4.69) is 5.10 Å². The van der Waals surface area contributed by atoms with Crippen LogP contribution in [0.5, 0.6) is 5.75 Å². The topological polar surface area (TPSA) is 64.1 Å². The number of phenols is 1. The molecule has 1 aromatic carbocycles. The molecule has 2 aromatic rings. The van der Waals surface area contributed by atoms with E-state index >= 15 is 0 Å².